The molecule has 10 aromatic carbocycles. The number of hydrogen-bond donors (Lipinski definition) is 0. The van der Waals surface area contributed by atoms with Crippen LogP contribution in [0, 0.1) is 0 Å². The highest BCUT2D eigenvalue weighted by Crippen LogP contribution is 2.46. The molecule has 0 aliphatic carbocycles. The average molecular weight is 886 g/mol. The predicted molar refractivity (Wildman–Crippen MR) is 282 cm³/mol. The monoisotopic (exact) mass is 885 g/mol. The molecule has 0 saturated heterocycles. The van der Waals surface area contributed by atoms with Crippen molar-refractivity contribution in [1.29, 1.82) is 0 Å². The molecule has 7 heteroatoms. The van der Waals surface area contributed by atoms with E-state index in [2.05, 4.69) is 209 Å². The maximum atomic E-state index is 6.71. The molecule has 5 heterocycles. The molecule has 0 fully saturated rings. The third-order valence-corrected chi connectivity index (χ3v) is 14.9. The Bertz CT molecular complexity index is 4580. The zero-order valence-electron chi connectivity index (χ0n) is 36.3. The standard InChI is InChI=1S/C61H35N5OS/c1-2-18-38(19-3-1)65-47-27-11-7-21-40(47)55-43(24-14-28-48(55)65)59-62-60(44-25-15-31-54-56(44)42-23-9-13-30-53(42)68-54)64-61(63-59)58-49(32-33-52-57(58)41-22-8-12-29-51(41)67-52)66-46-26-10-6-20-39(46)45-34-36-16-4-5-17-37(36)35-50(45)66/h1-35H. The number of benzene rings is 10. The van der Waals surface area contributed by atoms with Gasteiger partial charge in [0.25, 0.3) is 0 Å². The molecule has 0 spiro atoms. The summed E-state index contributed by atoms with van der Waals surface area (Å²) in [6.07, 6.45) is 0. The van der Waals surface area contributed by atoms with Crippen molar-refractivity contribution in [3.63, 3.8) is 0 Å². The van der Waals surface area contributed by atoms with E-state index in [1.165, 1.54) is 36.3 Å². The van der Waals surface area contributed by atoms with Gasteiger partial charge in [0.2, 0.25) is 0 Å². The zero-order chi connectivity index (χ0) is 44.5. The van der Waals surface area contributed by atoms with Crippen LogP contribution in [0.3, 0.4) is 0 Å². The van der Waals surface area contributed by atoms with Crippen LogP contribution in [0.4, 0.5) is 0 Å². The fourth-order valence-electron chi connectivity index (χ4n) is 10.9. The van der Waals surface area contributed by atoms with E-state index in [4.69, 9.17) is 19.4 Å². The maximum absolute atomic E-state index is 6.71. The third-order valence-electron chi connectivity index (χ3n) is 13.8. The van der Waals surface area contributed by atoms with Crippen molar-refractivity contribution < 1.29 is 4.42 Å². The Labute approximate surface area is 392 Å². The largest absolute Gasteiger partial charge is 0.456 e. The summed E-state index contributed by atoms with van der Waals surface area (Å²) in [5.74, 6) is 1.75. The van der Waals surface area contributed by atoms with Crippen molar-refractivity contribution in [3.8, 4) is 45.5 Å². The summed E-state index contributed by atoms with van der Waals surface area (Å²) in [6.45, 7) is 0. The Balaban J connectivity index is 1.11. The van der Waals surface area contributed by atoms with Gasteiger partial charge in [0.15, 0.2) is 17.5 Å². The van der Waals surface area contributed by atoms with E-state index < -0.39 is 0 Å². The van der Waals surface area contributed by atoms with Gasteiger partial charge in [-0.25, -0.2) is 15.0 Å². The van der Waals surface area contributed by atoms with Gasteiger partial charge in [0.05, 0.1) is 33.3 Å². The van der Waals surface area contributed by atoms with Gasteiger partial charge in [0, 0.05) is 69.3 Å². The summed E-state index contributed by atoms with van der Waals surface area (Å²) >= 11 is 1.79. The van der Waals surface area contributed by atoms with Crippen molar-refractivity contribution in [2.45, 2.75) is 0 Å². The molecule has 15 aromatic rings. The number of rotatable bonds is 5. The zero-order valence-corrected chi connectivity index (χ0v) is 37.1. The molecule has 316 valence electrons. The molecule has 0 unspecified atom stereocenters. The second-order valence-electron chi connectivity index (χ2n) is 17.5. The number of hydrogen-bond acceptors (Lipinski definition) is 5. The quantitative estimate of drug-likeness (QED) is 0.173. The van der Waals surface area contributed by atoms with Crippen LogP contribution in [0.2, 0.25) is 0 Å². The normalized spacial score (nSPS) is 12.1. The first-order valence-corrected chi connectivity index (χ1v) is 23.7. The fourth-order valence-corrected chi connectivity index (χ4v) is 12.0. The molecule has 6 nitrogen and oxygen atoms in total. The van der Waals surface area contributed by atoms with Gasteiger partial charge in [-0.2, -0.15) is 0 Å². The number of thiophene rings is 1. The molecule has 0 aliphatic heterocycles. The minimum Gasteiger partial charge on any atom is -0.456 e. The summed E-state index contributed by atoms with van der Waals surface area (Å²) in [7, 11) is 0. The van der Waals surface area contributed by atoms with Gasteiger partial charge in [-0.15, -0.1) is 11.3 Å². The molecule has 0 aliphatic rings. The summed E-state index contributed by atoms with van der Waals surface area (Å²) < 4.78 is 13.9. The molecule has 0 bridgehead atoms. The summed E-state index contributed by atoms with van der Waals surface area (Å²) in [5, 5.41) is 11.2. The number of nitrogens with zero attached hydrogens (tertiary/aromatic N) is 5. The molecular weight excluding hydrogens is 851 g/mol. The Morgan fingerprint density at radius 3 is 1.78 bits per heavy atom. The van der Waals surface area contributed by atoms with E-state index >= 15 is 0 Å². The lowest BCUT2D eigenvalue weighted by Gasteiger charge is -2.16. The molecule has 15 rings (SSSR count). The number of para-hydroxylation sites is 4. The van der Waals surface area contributed by atoms with Crippen molar-refractivity contribution in [2.75, 3.05) is 0 Å². The average Bonchev–Trinajstić information content (AvgIpc) is 4.15. The maximum Gasteiger partial charge on any atom is 0.166 e. The van der Waals surface area contributed by atoms with E-state index in [1.54, 1.807) is 11.3 Å². The summed E-state index contributed by atoms with van der Waals surface area (Å²) in [6, 6.07) is 75.4. The molecule has 0 radical (unpaired) electrons. The highest BCUT2D eigenvalue weighted by atomic mass is 32.1. The van der Waals surface area contributed by atoms with Gasteiger partial charge >= 0.3 is 0 Å². The van der Waals surface area contributed by atoms with E-state index in [1.807, 2.05) is 12.1 Å². The first kappa shape index (κ1) is 37.3. The Morgan fingerprint density at radius 2 is 0.956 bits per heavy atom. The highest BCUT2D eigenvalue weighted by Gasteiger charge is 2.26. The minimum absolute atomic E-state index is 0.559. The van der Waals surface area contributed by atoms with Crippen LogP contribution in [0.5, 0.6) is 0 Å². The lowest BCUT2D eigenvalue weighted by molar-refractivity contribution is 0.669. The van der Waals surface area contributed by atoms with E-state index in [0.717, 1.165) is 88.2 Å². The van der Waals surface area contributed by atoms with Gasteiger partial charge in [-0.05, 0) is 83.6 Å². The highest BCUT2D eigenvalue weighted by molar-refractivity contribution is 7.25. The number of aromatic nitrogens is 5. The van der Waals surface area contributed by atoms with Crippen LogP contribution in [-0.4, -0.2) is 24.1 Å². The van der Waals surface area contributed by atoms with Crippen LogP contribution in [0.1, 0.15) is 0 Å². The van der Waals surface area contributed by atoms with E-state index in [0.29, 0.717) is 17.5 Å². The van der Waals surface area contributed by atoms with Crippen LogP contribution in [0.15, 0.2) is 217 Å². The van der Waals surface area contributed by atoms with Crippen molar-refractivity contribution in [3.05, 3.63) is 212 Å². The molecule has 0 saturated carbocycles. The molecule has 0 N–H and O–H groups in total. The van der Waals surface area contributed by atoms with Crippen molar-refractivity contribution >= 4 is 108 Å². The first-order valence-electron chi connectivity index (χ1n) is 22.9. The second-order valence-corrected chi connectivity index (χ2v) is 18.6. The molecule has 68 heavy (non-hydrogen) atoms. The smallest absolute Gasteiger partial charge is 0.166 e. The van der Waals surface area contributed by atoms with Gasteiger partial charge in [-0.3, -0.25) is 0 Å². The van der Waals surface area contributed by atoms with Gasteiger partial charge in [0.1, 0.15) is 11.2 Å². The van der Waals surface area contributed by atoms with Crippen molar-refractivity contribution in [1.82, 2.24) is 24.1 Å². The van der Waals surface area contributed by atoms with Gasteiger partial charge < -0.3 is 13.6 Å². The second kappa shape index (κ2) is 14.3. The van der Waals surface area contributed by atoms with Crippen LogP contribution in [-0.2, 0) is 0 Å². The SMILES string of the molecule is c1ccc(-n2c3ccccc3c3c(-c4nc(-c5c(-n6c7ccccc7c7cc8ccccc8cc76)ccc6oc7ccccc7c56)nc(-c5cccc6sc7ccccc7c56)n4)cccc32)cc1. The first-order chi connectivity index (χ1) is 33.7. The predicted octanol–water partition coefficient (Wildman–Crippen LogP) is 16.5. The third kappa shape index (κ3) is 5.36. The number of furan rings is 1. The van der Waals surface area contributed by atoms with Crippen LogP contribution in [0.25, 0.3) is 142 Å². The van der Waals surface area contributed by atoms with Crippen molar-refractivity contribution in [2.24, 2.45) is 0 Å². The Kier molecular flexibility index (Phi) is 7.85. The fraction of sp³-hybridized carbons (Fsp3) is 0. The van der Waals surface area contributed by atoms with Gasteiger partial charge in [-0.1, -0.05) is 140 Å². The minimum atomic E-state index is 0.559. The van der Waals surface area contributed by atoms with Crippen LogP contribution < -0.4 is 0 Å². The molecule has 5 aromatic heterocycles. The molecule has 0 atom stereocenters. The summed E-state index contributed by atoms with van der Waals surface area (Å²) in [5.41, 5.74) is 10.7. The van der Waals surface area contributed by atoms with Crippen LogP contribution >= 0.6 is 11.3 Å². The molecular formula is C61H35N5OS. The number of fused-ring (bicyclic) bond motifs is 13. The summed E-state index contributed by atoms with van der Waals surface area (Å²) in [4.78, 5) is 16.9. The Morgan fingerprint density at radius 1 is 0.353 bits per heavy atom. The Hall–Kier alpha value is -8.91. The molecule has 0 amide bonds. The van der Waals surface area contributed by atoms with E-state index in [9.17, 15) is 0 Å². The lowest BCUT2D eigenvalue weighted by Crippen LogP contribution is -2.04. The van der Waals surface area contributed by atoms with E-state index in [-0.39, 0.29) is 0 Å². The topological polar surface area (TPSA) is 61.7 Å². The lowest BCUT2D eigenvalue weighted by atomic mass is 10.0.